The lowest BCUT2D eigenvalue weighted by molar-refractivity contribution is 0.507. The Hall–Kier alpha value is -1.24. The second kappa shape index (κ2) is 2.13. The van der Waals surface area contributed by atoms with Gasteiger partial charge in [-0.25, -0.2) is 0 Å². The molecule has 1 N–H and O–H groups in total. The molecule has 1 nitrogen and oxygen atoms in total. The summed E-state index contributed by atoms with van der Waals surface area (Å²) in [5.74, 6) is 0.469. The number of aryl methyl sites for hydroxylation is 2. The molecule has 1 aliphatic rings. The average molecular weight is 160 g/mol. The van der Waals surface area contributed by atoms with Crippen LogP contribution in [-0.2, 0) is 0 Å². The van der Waals surface area contributed by atoms with E-state index in [1.165, 1.54) is 16.7 Å². The number of rotatable bonds is 0. The molecule has 1 aromatic rings. The summed E-state index contributed by atoms with van der Waals surface area (Å²) in [6.07, 6.45) is 0. The van der Waals surface area contributed by atoms with E-state index in [9.17, 15) is 5.11 Å². The molecule has 0 fully saturated rings. The van der Waals surface area contributed by atoms with E-state index >= 15 is 0 Å². The lowest BCUT2D eigenvalue weighted by Crippen LogP contribution is -2.06. The van der Waals surface area contributed by atoms with E-state index < -0.39 is 0 Å². The van der Waals surface area contributed by atoms with Gasteiger partial charge >= 0.3 is 0 Å². The van der Waals surface area contributed by atoms with Gasteiger partial charge in [-0.05, 0) is 43.5 Å². The molecule has 0 heterocycles. The van der Waals surface area contributed by atoms with Gasteiger partial charge in [0.2, 0.25) is 0 Å². The second-order valence-corrected chi connectivity index (χ2v) is 3.48. The summed E-state index contributed by atoms with van der Waals surface area (Å²) < 4.78 is 0. The molecule has 0 radical (unpaired) electrons. The standard InChI is InChI=1S/C11H12O/c1-6-4-7(2)10-8(3)11(12)9(10)5-6/h4-5,12H,1-3H3. The number of fused-ring (bicyclic) bond motifs is 1. The number of aliphatic hydroxyl groups excluding tert-OH is 1. The van der Waals surface area contributed by atoms with E-state index in [1.807, 2.05) is 19.9 Å². The monoisotopic (exact) mass is 160 g/mol. The molecule has 0 bridgehead atoms. The van der Waals surface area contributed by atoms with Crippen LogP contribution >= 0.6 is 0 Å². The van der Waals surface area contributed by atoms with Crippen molar-refractivity contribution in [2.45, 2.75) is 20.8 Å². The van der Waals surface area contributed by atoms with Crippen molar-refractivity contribution in [1.29, 1.82) is 0 Å². The normalized spacial score (nSPS) is 14.2. The molecule has 2 rings (SSSR count). The fraction of sp³-hybridized carbons (Fsp3) is 0.273. The first kappa shape index (κ1) is 7.41. The molecule has 1 heteroatoms. The summed E-state index contributed by atoms with van der Waals surface area (Å²) in [5.41, 5.74) is 5.76. The Morgan fingerprint density at radius 3 is 2.42 bits per heavy atom. The van der Waals surface area contributed by atoms with Crippen LogP contribution in [0.3, 0.4) is 0 Å². The molecule has 0 saturated carbocycles. The average Bonchev–Trinajstić information content (AvgIpc) is 2.02. The van der Waals surface area contributed by atoms with Crippen LogP contribution in [0.5, 0.6) is 0 Å². The number of hydrogen-bond donors (Lipinski definition) is 1. The van der Waals surface area contributed by atoms with Crippen molar-refractivity contribution in [3.63, 3.8) is 0 Å². The molecule has 0 unspecified atom stereocenters. The highest BCUT2D eigenvalue weighted by Crippen LogP contribution is 2.40. The Labute approximate surface area is 72.4 Å². The van der Waals surface area contributed by atoms with Gasteiger partial charge in [0, 0.05) is 5.56 Å². The zero-order valence-electron chi connectivity index (χ0n) is 7.60. The first-order valence-electron chi connectivity index (χ1n) is 4.13. The van der Waals surface area contributed by atoms with Crippen LogP contribution in [0.2, 0.25) is 0 Å². The maximum Gasteiger partial charge on any atom is 0.126 e. The summed E-state index contributed by atoms with van der Waals surface area (Å²) in [4.78, 5) is 0. The van der Waals surface area contributed by atoms with E-state index in [1.54, 1.807) is 0 Å². The molecule has 1 aromatic carbocycles. The van der Waals surface area contributed by atoms with Crippen LogP contribution in [0.15, 0.2) is 12.1 Å². The second-order valence-electron chi connectivity index (χ2n) is 3.48. The van der Waals surface area contributed by atoms with Crippen LogP contribution in [0.4, 0.5) is 0 Å². The van der Waals surface area contributed by atoms with E-state index in [0.29, 0.717) is 5.76 Å². The topological polar surface area (TPSA) is 20.2 Å². The zero-order valence-corrected chi connectivity index (χ0v) is 7.60. The first-order chi connectivity index (χ1) is 5.61. The molecule has 12 heavy (non-hydrogen) atoms. The van der Waals surface area contributed by atoms with Gasteiger partial charge in [0.1, 0.15) is 5.76 Å². The maximum absolute atomic E-state index is 9.50. The van der Waals surface area contributed by atoms with E-state index in [-0.39, 0.29) is 0 Å². The molecular weight excluding hydrogens is 148 g/mol. The highest BCUT2D eigenvalue weighted by molar-refractivity contribution is 6.00. The first-order valence-corrected chi connectivity index (χ1v) is 4.13. The van der Waals surface area contributed by atoms with Crippen LogP contribution in [0.1, 0.15) is 29.2 Å². The molecule has 0 amide bonds. The fourth-order valence-electron chi connectivity index (χ4n) is 1.91. The summed E-state index contributed by atoms with van der Waals surface area (Å²) in [6.45, 7) is 6.09. The van der Waals surface area contributed by atoms with Crippen LogP contribution in [0.25, 0.3) is 11.3 Å². The highest BCUT2D eigenvalue weighted by atomic mass is 16.3. The zero-order chi connectivity index (χ0) is 8.88. The Bertz CT molecular complexity index is 386. The van der Waals surface area contributed by atoms with Crippen molar-refractivity contribution in [3.05, 3.63) is 34.4 Å². The predicted molar refractivity (Wildman–Crippen MR) is 51.0 cm³/mol. The number of aliphatic hydroxyl groups is 1. The Balaban J connectivity index is 2.68. The lowest BCUT2D eigenvalue weighted by Gasteiger charge is -2.23. The summed E-state index contributed by atoms with van der Waals surface area (Å²) in [6, 6.07) is 4.18. The van der Waals surface area contributed by atoms with Gasteiger partial charge in [-0.3, -0.25) is 0 Å². The molecular formula is C11H12O. The molecule has 0 aliphatic heterocycles. The molecule has 0 spiro atoms. The van der Waals surface area contributed by atoms with E-state index in [2.05, 4.69) is 13.0 Å². The van der Waals surface area contributed by atoms with E-state index in [4.69, 9.17) is 0 Å². The van der Waals surface area contributed by atoms with Gasteiger partial charge in [0.25, 0.3) is 0 Å². The molecule has 1 aliphatic carbocycles. The van der Waals surface area contributed by atoms with Gasteiger partial charge in [0.05, 0.1) is 0 Å². The predicted octanol–water partition coefficient (Wildman–Crippen LogP) is 3.06. The third-order valence-corrected chi connectivity index (χ3v) is 2.47. The summed E-state index contributed by atoms with van der Waals surface area (Å²) in [5, 5.41) is 9.50. The minimum Gasteiger partial charge on any atom is -0.507 e. The van der Waals surface area contributed by atoms with Crippen LogP contribution in [0, 0.1) is 13.8 Å². The van der Waals surface area contributed by atoms with Crippen molar-refractivity contribution in [3.8, 4) is 0 Å². The minimum atomic E-state index is 0.469. The third-order valence-electron chi connectivity index (χ3n) is 2.47. The smallest absolute Gasteiger partial charge is 0.126 e. The molecule has 0 atom stereocenters. The van der Waals surface area contributed by atoms with Gasteiger partial charge in [-0.1, -0.05) is 11.6 Å². The third kappa shape index (κ3) is 0.737. The molecule has 62 valence electrons. The van der Waals surface area contributed by atoms with Gasteiger partial charge in [0.15, 0.2) is 0 Å². The minimum absolute atomic E-state index is 0.469. The van der Waals surface area contributed by atoms with Gasteiger partial charge in [-0.15, -0.1) is 0 Å². The van der Waals surface area contributed by atoms with Crippen LogP contribution < -0.4 is 0 Å². The van der Waals surface area contributed by atoms with Crippen molar-refractivity contribution >= 4 is 11.3 Å². The van der Waals surface area contributed by atoms with Gasteiger partial charge in [-0.2, -0.15) is 0 Å². The largest absolute Gasteiger partial charge is 0.507 e. The van der Waals surface area contributed by atoms with Crippen molar-refractivity contribution in [2.24, 2.45) is 0 Å². The number of hydrogen-bond acceptors (Lipinski definition) is 1. The number of allylic oxidation sites excluding steroid dienone is 1. The Morgan fingerprint density at radius 1 is 1.08 bits per heavy atom. The summed E-state index contributed by atoms with van der Waals surface area (Å²) in [7, 11) is 0. The Morgan fingerprint density at radius 2 is 1.75 bits per heavy atom. The quantitative estimate of drug-likeness (QED) is 0.618. The Kier molecular flexibility index (Phi) is 1.31. The maximum atomic E-state index is 9.50. The molecule has 0 saturated heterocycles. The highest BCUT2D eigenvalue weighted by Gasteiger charge is 2.23. The SMILES string of the molecule is CC1=C(O)c2cc(C)cc(C)c21. The lowest BCUT2D eigenvalue weighted by atomic mass is 9.83. The number of benzene rings is 1. The summed E-state index contributed by atoms with van der Waals surface area (Å²) >= 11 is 0. The van der Waals surface area contributed by atoms with E-state index in [0.717, 1.165) is 11.1 Å². The van der Waals surface area contributed by atoms with Crippen molar-refractivity contribution in [2.75, 3.05) is 0 Å². The van der Waals surface area contributed by atoms with Gasteiger partial charge < -0.3 is 5.11 Å². The molecule has 0 aromatic heterocycles. The fourth-order valence-corrected chi connectivity index (χ4v) is 1.91. The van der Waals surface area contributed by atoms with Crippen molar-refractivity contribution < 1.29 is 5.11 Å². The van der Waals surface area contributed by atoms with Crippen LogP contribution in [-0.4, -0.2) is 5.11 Å². The van der Waals surface area contributed by atoms with Crippen molar-refractivity contribution in [1.82, 2.24) is 0 Å².